The summed E-state index contributed by atoms with van der Waals surface area (Å²) in [6, 6.07) is 13.3. The molecule has 0 radical (unpaired) electrons. The average molecular weight is 351 g/mol. The molecular formula is C18H25BrNO+. The Kier molecular flexibility index (Phi) is 5.28. The van der Waals surface area contributed by atoms with E-state index in [1.165, 1.54) is 5.56 Å². The summed E-state index contributed by atoms with van der Waals surface area (Å²) >= 11 is 3.47. The first-order chi connectivity index (χ1) is 9.87. The Hall–Kier alpha value is -1.06. The second-order valence-electron chi connectivity index (χ2n) is 6.54. The molecule has 1 heterocycles. The van der Waals surface area contributed by atoms with Crippen molar-refractivity contribution >= 4 is 15.9 Å². The van der Waals surface area contributed by atoms with Gasteiger partial charge >= 0.3 is 0 Å². The number of rotatable bonds is 6. The van der Waals surface area contributed by atoms with Crippen molar-refractivity contribution in [2.45, 2.75) is 52.1 Å². The monoisotopic (exact) mass is 350 g/mol. The molecule has 2 nitrogen and oxygen atoms in total. The summed E-state index contributed by atoms with van der Waals surface area (Å²) in [4.78, 5) is 0. The van der Waals surface area contributed by atoms with E-state index in [0.717, 1.165) is 29.0 Å². The summed E-state index contributed by atoms with van der Waals surface area (Å²) in [5.74, 6) is 2.08. The summed E-state index contributed by atoms with van der Waals surface area (Å²) in [6.07, 6.45) is 1.09. The molecule has 2 N–H and O–H groups in total. The molecule has 3 heteroatoms. The van der Waals surface area contributed by atoms with Crippen molar-refractivity contribution in [3.05, 3.63) is 58.0 Å². The maximum absolute atomic E-state index is 5.81. The zero-order valence-electron chi connectivity index (χ0n) is 13.3. The third-order valence-corrected chi connectivity index (χ3v) is 4.44. The summed E-state index contributed by atoms with van der Waals surface area (Å²) in [5.41, 5.74) is 1.43. The van der Waals surface area contributed by atoms with Gasteiger partial charge in [0.1, 0.15) is 18.1 Å². The van der Waals surface area contributed by atoms with Gasteiger partial charge in [-0.1, -0.05) is 41.9 Å². The normalized spacial score (nSPS) is 13.4. The van der Waals surface area contributed by atoms with Crippen LogP contribution >= 0.6 is 15.9 Å². The Bertz CT molecular complexity index is 571. The quantitative estimate of drug-likeness (QED) is 0.832. The molecule has 21 heavy (non-hydrogen) atoms. The van der Waals surface area contributed by atoms with Gasteiger partial charge in [-0.15, -0.1) is 0 Å². The number of quaternary nitrogens is 1. The van der Waals surface area contributed by atoms with Crippen LogP contribution in [-0.2, 0) is 12.0 Å². The minimum atomic E-state index is 0.0733. The van der Waals surface area contributed by atoms with E-state index >= 15 is 0 Å². The van der Waals surface area contributed by atoms with Crippen molar-refractivity contribution in [3.63, 3.8) is 0 Å². The number of halogens is 1. The highest BCUT2D eigenvalue weighted by Gasteiger charge is 2.27. The van der Waals surface area contributed by atoms with Crippen LogP contribution in [0.25, 0.3) is 0 Å². The Morgan fingerprint density at radius 3 is 2.38 bits per heavy atom. The van der Waals surface area contributed by atoms with E-state index in [-0.39, 0.29) is 5.41 Å². The van der Waals surface area contributed by atoms with Crippen molar-refractivity contribution in [2.24, 2.45) is 0 Å². The molecule has 0 bridgehead atoms. The van der Waals surface area contributed by atoms with E-state index in [9.17, 15) is 0 Å². The number of furan rings is 1. The van der Waals surface area contributed by atoms with E-state index in [0.29, 0.717) is 6.04 Å². The van der Waals surface area contributed by atoms with Crippen LogP contribution in [0.4, 0.5) is 0 Å². The van der Waals surface area contributed by atoms with Gasteiger partial charge < -0.3 is 9.73 Å². The molecule has 0 aliphatic rings. The molecule has 2 rings (SSSR count). The molecule has 1 aromatic carbocycles. The molecule has 0 aliphatic heterocycles. The van der Waals surface area contributed by atoms with Crippen LogP contribution in [0.2, 0.25) is 0 Å². The van der Waals surface area contributed by atoms with Crippen molar-refractivity contribution in [3.8, 4) is 0 Å². The highest BCUT2D eigenvalue weighted by molar-refractivity contribution is 9.10. The highest BCUT2D eigenvalue weighted by Crippen LogP contribution is 2.29. The van der Waals surface area contributed by atoms with Crippen LogP contribution < -0.4 is 5.32 Å². The third kappa shape index (κ3) is 4.72. The maximum Gasteiger partial charge on any atom is 0.109 e. The van der Waals surface area contributed by atoms with Gasteiger partial charge in [-0.05, 0) is 38.1 Å². The third-order valence-electron chi connectivity index (χ3n) is 3.91. The predicted molar refractivity (Wildman–Crippen MR) is 90.3 cm³/mol. The largest absolute Gasteiger partial charge is 0.466 e. The summed E-state index contributed by atoms with van der Waals surface area (Å²) < 4.78 is 6.94. The zero-order chi connectivity index (χ0) is 15.5. The van der Waals surface area contributed by atoms with Crippen LogP contribution in [0.1, 0.15) is 44.3 Å². The van der Waals surface area contributed by atoms with Gasteiger partial charge in [0.25, 0.3) is 0 Å². The molecule has 0 fully saturated rings. The first kappa shape index (κ1) is 16.3. The van der Waals surface area contributed by atoms with Gasteiger partial charge in [0.2, 0.25) is 0 Å². The van der Waals surface area contributed by atoms with Gasteiger partial charge in [-0.2, -0.15) is 0 Å². The SMILES string of the molecule is Cc1ccc(C(C)(C)C[C@H](C)[NH2+]Cc2ccc(Br)cc2)o1. The molecular weight excluding hydrogens is 326 g/mol. The highest BCUT2D eigenvalue weighted by atomic mass is 79.9. The Morgan fingerprint density at radius 2 is 1.81 bits per heavy atom. The van der Waals surface area contributed by atoms with Gasteiger partial charge in [-0.3, -0.25) is 0 Å². The average Bonchev–Trinajstić information content (AvgIpc) is 2.85. The molecule has 0 saturated heterocycles. The lowest BCUT2D eigenvalue weighted by atomic mass is 9.83. The molecule has 2 aromatic rings. The second-order valence-corrected chi connectivity index (χ2v) is 7.46. The zero-order valence-corrected chi connectivity index (χ0v) is 14.9. The van der Waals surface area contributed by atoms with Crippen molar-refractivity contribution < 1.29 is 9.73 Å². The Balaban J connectivity index is 1.89. The number of nitrogens with two attached hydrogens (primary N) is 1. The fraction of sp³-hybridized carbons (Fsp3) is 0.444. The van der Waals surface area contributed by atoms with Crippen LogP contribution in [-0.4, -0.2) is 6.04 Å². The lowest BCUT2D eigenvalue weighted by Gasteiger charge is -2.25. The lowest BCUT2D eigenvalue weighted by Crippen LogP contribution is -2.88. The summed E-state index contributed by atoms with van der Waals surface area (Å²) in [7, 11) is 0. The number of hydrogen-bond donors (Lipinski definition) is 1. The van der Waals surface area contributed by atoms with E-state index in [1.54, 1.807) is 0 Å². The van der Waals surface area contributed by atoms with E-state index in [4.69, 9.17) is 4.42 Å². The van der Waals surface area contributed by atoms with Crippen LogP contribution in [0.5, 0.6) is 0 Å². The summed E-state index contributed by atoms with van der Waals surface area (Å²) in [6.45, 7) is 9.82. The molecule has 0 aliphatic carbocycles. The van der Waals surface area contributed by atoms with E-state index in [1.807, 2.05) is 13.0 Å². The van der Waals surface area contributed by atoms with E-state index < -0.39 is 0 Å². The van der Waals surface area contributed by atoms with Gasteiger partial charge in [-0.25, -0.2) is 0 Å². The molecule has 1 aromatic heterocycles. The number of aryl methyl sites for hydroxylation is 1. The van der Waals surface area contributed by atoms with Crippen LogP contribution in [0.15, 0.2) is 45.3 Å². The molecule has 0 saturated carbocycles. The van der Waals surface area contributed by atoms with Gasteiger partial charge in [0, 0.05) is 21.9 Å². The molecule has 0 unspecified atom stereocenters. The Labute approximate surface area is 136 Å². The minimum Gasteiger partial charge on any atom is -0.466 e. The topological polar surface area (TPSA) is 29.8 Å². The number of benzene rings is 1. The molecule has 0 spiro atoms. The van der Waals surface area contributed by atoms with Crippen molar-refractivity contribution in [1.82, 2.24) is 0 Å². The van der Waals surface area contributed by atoms with Crippen molar-refractivity contribution in [1.29, 1.82) is 0 Å². The number of hydrogen-bond acceptors (Lipinski definition) is 1. The maximum atomic E-state index is 5.81. The van der Waals surface area contributed by atoms with Crippen LogP contribution in [0, 0.1) is 6.92 Å². The molecule has 114 valence electrons. The predicted octanol–water partition coefficient (Wildman–Crippen LogP) is 4.17. The van der Waals surface area contributed by atoms with Crippen molar-refractivity contribution in [2.75, 3.05) is 0 Å². The lowest BCUT2D eigenvalue weighted by molar-refractivity contribution is -0.702. The summed E-state index contributed by atoms with van der Waals surface area (Å²) in [5, 5.41) is 2.40. The first-order valence-corrected chi connectivity index (χ1v) is 8.31. The Morgan fingerprint density at radius 1 is 1.14 bits per heavy atom. The van der Waals surface area contributed by atoms with Gasteiger partial charge in [0.15, 0.2) is 0 Å². The molecule has 0 amide bonds. The van der Waals surface area contributed by atoms with E-state index in [2.05, 4.69) is 72.3 Å². The molecule has 1 atom stereocenters. The van der Waals surface area contributed by atoms with Gasteiger partial charge in [0.05, 0.1) is 6.04 Å². The van der Waals surface area contributed by atoms with Crippen LogP contribution in [0.3, 0.4) is 0 Å². The fourth-order valence-electron chi connectivity index (χ4n) is 2.74. The first-order valence-electron chi connectivity index (χ1n) is 7.51. The second kappa shape index (κ2) is 6.80. The fourth-order valence-corrected chi connectivity index (χ4v) is 3.01. The standard InChI is InChI=1S/C18H24BrNO/c1-13(20-12-15-6-8-16(19)9-7-15)11-18(3,4)17-10-5-14(2)21-17/h5-10,13,20H,11-12H2,1-4H3/p+1/t13-/m0/s1. The minimum absolute atomic E-state index is 0.0733. The smallest absolute Gasteiger partial charge is 0.109 e.